The van der Waals surface area contributed by atoms with Crippen molar-refractivity contribution in [3.8, 4) is 0 Å². The highest BCUT2D eigenvalue weighted by Gasteiger charge is 2.18. The molecule has 0 saturated carbocycles. The van der Waals surface area contributed by atoms with E-state index in [1.807, 2.05) is 13.1 Å². The van der Waals surface area contributed by atoms with Gasteiger partial charge >= 0.3 is 0 Å². The third-order valence-corrected chi connectivity index (χ3v) is 4.70. The second-order valence-corrected chi connectivity index (χ2v) is 6.84. The number of aliphatic imine (C=N–C) groups is 1. The summed E-state index contributed by atoms with van der Waals surface area (Å²) in [5, 5.41) is 3.40. The Balaban J connectivity index is 0.00000220. The van der Waals surface area contributed by atoms with Gasteiger partial charge < -0.3 is 15.0 Å². The van der Waals surface area contributed by atoms with Crippen molar-refractivity contribution in [2.24, 2.45) is 10.9 Å². The van der Waals surface area contributed by atoms with Gasteiger partial charge in [-0.2, -0.15) is 0 Å². The van der Waals surface area contributed by atoms with Gasteiger partial charge in [0.2, 0.25) is 0 Å². The van der Waals surface area contributed by atoms with Crippen LogP contribution in [0.25, 0.3) is 0 Å². The zero-order valence-corrected chi connectivity index (χ0v) is 16.4. The summed E-state index contributed by atoms with van der Waals surface area (Å²) < 4.78 is 6.26. The molecule has 0 aliphatic carbocycles. The van der Waals surface area contributed by atoms with Gasteiger partial charge in [-0.15, -0.1) is 35.3 Å². The number of nitrogens with zero attached hydrogens (tertiary/aromatic N) is 2. The van der Waals surface area contributed by atoms with E-state index in [4.69, 9.17) is 16.3 Å². The summed E-state index contributed by atoms with van der Waals surface area (Å²) in [6, 6.07) is 4.03. The molecule has 120 valence electrons. The number of hydrogen-bond acceptors (Lipinski definition) is 3. The summed E-state index contributed by atoms with van der Waals surface area (Å²) in [7, 11) is 3.90. The second kappa shape index (κ2) is 9.86. The highest BCUT2D eigenvalue weighted by atomic mass is 127. The molecule has 1 saturated heterocycles. The Morgan fingerprint density at radius 2 is 2.38 bits per heavy atom. The molecule has 4 nitrogen and oxygen atoms in total. The lowest BCUT2D eigenvalue weighted by Crippen LogP contribution is -2.42. The van der Waals surface area contributed by atoms with Crippen molar-refractivity contribution in [1.82, 2.24) is 10.2 Å². The van der Waals surface area contributed by atoms with E-state index in [0.29, 0.717) is 5.92 Å². The van der Waals surface area contributed by atoms with Crippen molar-refractivity contribution >= 4 is 52.9 Å². The fourth-order valence-electron chi connectivity index (χ4n) is 2.37. The monoisotopic (exact) mass is 443 g/mol. The van der Waals surface area contributed by atoms with Crippen molar-refractivity contribution in [3.63, 3.8) is 0 Å². The van der Waals surface area contributed by atoms with Crippen molar-refractivity contribution in [2.75, 3.05) is 40.4 Å². The first-order valence-corrected chi connectivity index (χ1v) is 8.12. The topological polar surface area (TPSA) is 36.9 Å². The molecule has 1 aliphatic heterocycles. The summed E-state index contributed by atoms with van der Waals surface area (Å²) >= 11 is 7.57. The number of halogens is 2. The van der Waals surface area contributed by atoms with Gasteiger partial charge in [0.15, 0.2) is 5.96 Å². The van der Waals surface area contributed by atoms with Crippen LogP contribution in [0.15, 0.2) is 17.1 Å². The maximum Gasteiger partial charge on any atom is 0.193 e. The molecule has 0 spiro atoms. The normalized spacial score (nSPS) is 18.4. The fourth-order valence-corrected chi connectivity index (χ4v) is 3.46. The van der Waals surface area contributed by atoms with Crippen molar-refractivity contribution in [2.45, 2.75) is 12.8 Å². The first-order valence-electron chi connectivity index (χ1n) is 6.92. The Morgan fingerprint density at radius 1 is 1.57 bits per heavy atom. The van der Waals surface area contributed by atoms with Crippen LogP contribution in [0, 0.1) is 5.92 Å². The van der Waals surface area contributed by atoms with Gasteiger partial charge in [-0.05, 0) is 25.0 Å². The smallest absolute Gasteiger partial charge is 0.193 e. The summed E-state index contributed by atoms with van der Waals surface area (Å²) in [6.45, 7) is 3.62. The van der Waals surface area contributed by atoms with Crippen LogP contribution < -0.4 is 5.32 Å². The van der Waals surface area contributed by atoms with Crippen LogP contribution in [-0.4, -0.2) is 51.3 Å². The van der Waals surface area contributed by atoms with Gasteiger partial charge in [0, 0.05) is 44.6 Å². The number of guanidine groups is 1. The van der Waals surface area contributed by atoms with Crippen LogP contribution in [0.4, 0.5) is 0 Å². The van der Waals surface area contributed by atoms with E-state index in [1.165, 1.54) is 4.88 Å². The van der Waals surface area contributed by atoms with E-state index < -0.39 is 0 Å². The molecular formula is C14H23ClIN3OS. The number of thiophene rings is 1. The minimum atomic E-state index is 0. The van der Waals surface area contributed by atoms with Crippen LogP contribution in [0.3, 0.4) is 0 Å². The standard InChI is InChI=1S/C14H22ClN3OS.HI/c1-16-14(18(2)9-11-6-8-19-10-11)17-7-5-12-3-4-13(15)20-12;/h3-4,11H,5-10H2,1-2H3,(H,16,17);1H. The largest absolute Gasteiger partial charge is 0.381 e. The molecular weight excluding hydrogens is 421 g/mol. The van der Waals surface area contributed by atoms with E-state index in [0.717, 1.165) is 49.4 Å². The lowest BCUT2D eigenvalue weighted by molar-refractivity contribution is 0.181. The van der Waals surface area contributed by atoms with E-state index in [9.17, 15) is 0 Å². The first-order chi connectivity index (χ1) is 9.69. The lowest BCUT2D eigenvalue weighted by atomic mass is 10.1. The Hall–Kier alpha value is -0.0500. The molecule has 1 N–H and O–H groups in total. The predicted molar refractivity (Wildman–Crippen MR) is 101 cm³/mol. The molecule has 1 unspecified atom stereocenters. The van der Waals surface area contributed by atoms with Crippen LogP contribution in [0.5, 0.6) is 0 Å². The first kappa shape index (κ1) is 19.0. The highest BCUT2D eigenvalue weighted by Crippen LogP contribution is 2.21. The van der Waals surface area contributed by atoms with Gasteiger partial charge in [0.05, 0.1) is 10.9 Å². The zero-order chi connectivity index (χ0) is 14.4. The highest BCUT2D eigenvalue weighted by molar-refractivity contribution is 14.0. The summed E-state index contributed by atoms with van der Waals surface area (Å²) in [5.41, 5.74) is 0. The van der Waals surface area contributed by atoms with E-state index in [2.05, 4.69) is 28.3 Å². The van der Waals surface area contributed by atoms with Crippen LogP contribution >= 0.6 is 46.9 Å². The lowest BCUT2D eigenvalue weighted by Gasteiger charge is -2.24. The van der Waals surface area contributed by atoms with Crippen molar-refractivity contribution in [1.29, 1.82) is 0 Å². The third-order valence-electron chi connectivity index (χ3n) is 3.41. The quantitative estimate of drug-likeness (QED) is 0.432. The summed E-state index contributed by atoms with van der Waals surface area (Å²) in [6.07, 6.45) is 2.12. The SMILES string of the molecule is CN=C(NCCc1ccc(Cl)s1)N(C)CC1CCOC1.I. The molecule has 1 aromatic rings. The van der Waals surface area contributed by atoms with Gasteiger partial charge in [-0.25, -0.2) is 0 Å². The minimum Gasteiger partial charge on any atom is -0.381 e. The average Bonchev–Trinajstić information content (AvgIpc) is 3.06. The fraction of sp³-hybridized carbons (Fsp3) is 0.643. The van der Waals surface area contributed by atoms with E-state index in [1.54, 1.807) is 11.3 Å². The molecule has 1 fully saturated rings. The van der Waals surface area contributed by atoms with E-state index in [-0.39, 0.29) is 24.0 Å². The molecule has 0 aromatic carbocycles. The maximum atomic E-state index is 5.93. The molecule has 2 heterocycles. The molecule has 0 amide bonds. The summed E-state index contributed by atoms with van der Waals surface area (Å²) in [4.78, 5) is 7.81. The Bertz CT molecular complexity index is 449. The van der Waals surface area contributed by atoms with Crippen molar-refractivity contribution < 1.29 is 4.74 Å². The van der Waals surface area contributed by atoms with E-state index >= 15 is 0 Å². The maximum absolute atomic E-state index is 5.93. The Morgan fingerprint density at radius 3 is 2.95 bits per heavy atom. The van der Waals surface area contributed by atoms with Crippen LogP contribution in [0.2, 0.25) is 4.34 Å². The Labute approximate surface area is 152 Å². The molecule has 1 atom stereocenters. The zero-order valence-electron chi connectivity index (χ0n) is 12.5. The Kier molecular flexibility index (Phi) is 8.92. The average molecular weight is 444 g/mol. The molecule has 1 aromatic heterocycles. The van der Waals surface area contributed by atoms with Crippen LogP contribution in [-0.2, 0) is 11.2 Å². The summed E-state index contributed by atoms with van der Waals surface area (Å²) in [5.74, 6) is 1.56. The predicted octanol–water partition coefficient (Wildman–Crippen LogP) is 3.11. The molecule has 1 aliphatic rings. The van der Waals surface area contributed by atoms with Gasteiger partial charge in [-0.1, -0.05) is 11.6 Å². The molecule has 0 bridgehead atoms. The van der Waals surface area contributed by atoms with Gasteiger partial charge in [-0.3, -0.25) is 4.99 Å². The van der Waals surface area contributed by atoms with Crippen LogP contribution in [0.1, 0.15) is 11.3 Å². The number of nitrogens with one attached hydrogen (secondary N) is 1. The third kappa shape index (κ3) is 6.30. The molecule has 0 radical (unpaired) electrons. The molecule has 2 rings (SSSR count). The second-order valence-electron chi connectivity index (χ2n) is 5.04. The van der Waals surface area contributed by atoms with Crippen molar-refractivity contribution in [3.05, 3.63) is 21.3 Å². The van der Waals surface area contributed by atoms with Gasteiger partial charge in [0.1, 0.15) is 0 Å². The minimum absolute atomic E-state index is 0. The number of rotatable bonds is 5. The molecule has 7 heteroatoms. The van der Waals surface area contributed by atoms with Gasteiger partial charge in [0.25, 0.3) is 0 Å². The number of hydrogen-bond donors (Lipinski definition) is 1. The molecule has 21 heavy (non-hydrogen) atoms. The number of ether oxygens (including phenoxy) is 1.